The van der Waals surface area contributed by atoms with Gasteiger partial charge in [-0.15, -0.1) is 18.8 Å². The lowest BCUT2D eigenvalue weighted by atomic mass is 11.4. The number of alkyl halides is 3. The van der Waals surface area contributed by atoms with Gasteiger partial charge in [0.2, 0.25) is 0 Å². The van der Waals surface area contributed by atoms with E-state index in [2.05, 4.69) is 10.7 Å². The van der Waals surface area contributed by atoms with Crippen molar-refractivity contribution in [2.24, 2.45) is 5.84 Å². The van der Waals surface area contributed by atoms with Crippen LogP contribution in [0.25, 0.3) is 0 Å². The summed E-state index contributed by atoms with van der Waals surface area (Å²) in [6.07, 6.45) is -4.69. The molecule has 3 N–H and O–H groups in total. The lowest BCUT2D eigenvalue weighted by Crippen LogP contribution is -2.30. The second kappa shape index (κ2) is 2.10. The van der Waals surface area contributed by atoms with Crippen LogP contribution in [-0.2, 0) is 4.84 Å². The molecule has 0 amide bonds. The Morgan fingerprint density at radius 2 is 1.86 bits per heavy atom. The Morgan fingerprint density at radius 3 is 1.86 bits per heavy atom. The fourth-order valence-corrected chi connectivity index (χ4v) is 0.0668. The highest BCUT2D eigenvalue weighted by Crippen LogP contribution is 2.12. The molecule has 0 aromatic heterocycles. The normalized spacial score (nSPS) is 12.0. The fourth-order valence-electron chi connectivity index (χ4n) is 0.0668. The van der Waals surface area contributed by atoms with E-state index < -0.39 is 6.36 Å². The van der Waals surface area contributed by atoms with E-state index in [-0.39, 0.29) is 0 Å². The van der Waals surface area contributed by atoms with Crippen LogP contribution in [0.15, 0.2) is 0 Å². The van der Waals surface area contributed by atoms with Gasteiger partial charge in [-0.25, -0.2) is 5.84 Å². The zero-order valence-electron chi connectivity index (χ0n) is 3.12. The van der Waals surface area contributed by atoms with E-state index in [1.807, 2.05) is 0 Å². The largest absolute Gasteiger partial charge is 0.540 e. The van der Waals surface area contributed by atoms with Gasteiger partial charge in [-0.3, -0.25) is 0 Å². The number of rotatable bonds is 1. The third-order valence-electron chi connectivity index (χ3n) is 0.175. The van der Waals surface area contributed by atoms with Crippen molar-refractivity contribution in [3.8, 4) is 0 Å². The number of hydrazine groups is 1. The minimum absolute atomic E-state index is 0.983. The molecule has 0 aliphatic carbocycles. The molecule has 0 saturated heterocycles. The van der Waals surface area contributed by atoms with E-state index in [4.69, 9.17) is 0 Å². The summed E-state index contributed by atoms with van der Waals surface area (Å²) >= 11 is 0. The SMILES string of the molecule is NNOC(F)(F)F. The van der Waals surface area contributed by atoms with Gasteiger partial charge in [0.05, 0.1) is 0 Å². The fraction of sp³-hybridized carbons (Fsp3) is 1.00. The van der Waals surface area contributed by atoms with Gasteiger partial charge in [0.25, 0.3) is 0 Å². The van der Waals surface area contributed by atoms with Crippen LogP contribution in [0.2, 0.25) is 0 Å². The van der Waals surface area contributed by atoms with Crippen molar-refractivity contribution in [2.75, 3.05) is 0 Å². The molecule has 0 aromatic carbocycles. The van der Waals surface area contributed by atoms with Crippen molar-refractivity contribution in [2.45, 2.75) is 6.36 Å². The summed E-state index contributed by atoms with van der Waals surface area (Å²) in [5.41, 5.74) is 0.983. The summed E-state index contributed by atoms with van der Waals surface area (Å²) in [7, 11) is 0. The summed E-state index contributed by atoms with van der Waals surface area (Å²) in [5, 5.41) is 0. The Labute approximate surface area is 37.2 Å². The second-order valence-corrected chi connectivity index (χ2v) is 0.666. The van der Waals surface area contributed by atoms with Crippen molar-refractivity contribution < 1.29 is 18.0 Å². The average molecular weight is 116 g/mol. The molecule has 0 radical (unpaired) electrons. The minimum Gasteiger partial charge on any atom is -0.248 e. The monoisotopic (exact) mass is 116 g/mol. The molecular weight excluding hydrogens is 113 g/mol. The molecule has 0 atom stereocenters. The Morgan fingerprint density at radius 1 is 1.43 bits per heavy atom. The molecule has 0 aliphatic rings. The van der Waals surface area contributed by atoms with Gasteiger partial charge in [0.1, 0.15) is 0 Å². The molecule has 44 valence electrons. The van der Waals surface area contributed by atoms with Gasteiger partial charge in [0.15, 0.2) is 0 Å². The number of hydrogen-bond acceptors (Lipinski definition) is 3. The highest BCUT2D eigenvalue weighted by Gasteiger charge is 2.28. The molecule has 0 saturated carbocycles. The standard InChI is InChI=1S/CH3F3N2O/c2-1(3,4)7-6-5/h6H,5H2. The lowest BCUT2D eigenvalue weighted by Gasteiger charge is -2.01. The second-order valence-electron chi connectivity index (χ2n) is 0.666. The van der Waals surface area contributed by atoms with Crippen LogP contribution in [0, 0.1) is 0 Å². The Hall–Kier alpha value is -0.330. The predicted molar refractivity (Wildman–Crippen MR) is 14.5 cm³/mol. The smallest absolute Gasteiger partial charge is 0.248 e. The molecule has 3 nitrogen and oxygen atoms in total. The van der Waals surface area contributed by atoms with E-state index in [9.17, 15) is 13.2 Å². The van der Waals surface area contributed by atoms with E-state index in [1.165, 1.54) is 0 Å². The Kier molecular flexibility index (Phi) is 2.00. The first-order valence-electron chi connectivity index (χ1n) is 1.26. The molecule has 0 aromatic rings. The maximum absolute atomic E-state index is 10.7. The minimum atomic E-state index is -4.69. The quantitative estimate of drug-likeness (QED) is 0.371. The van der Waals surface area contributed by atoms with Gasteiger partial charge >= 0.3 is 6.36 Å². The van der Waals surface area contributed by atoms with Crippen LogP contribution in [0.1, 0.15) is 0 Å². The first kappa shape index (κ1) is 6.67. The van der Waals surface area contributed by atoms with Crippen molar-refractivity contribution in [1.29, 1.82) is 0 Å². The van der Waals surface area contributed by atoms with Crippen LogP contribution in [0.3, 0.4) is 0 Å². The molecule has 0 aliphatic heterocycles. The highest BCUT2D eigenvalue weighted by molar-refractivity contribution is 4.14. The first-order valence-corrected chi connectivity index (χ1v) is 1.26. The van der Waals surface area contributed by atoms with Crippen molar-refractivity contribution in [3.05, 3.63) is 0 Å². The Bertz CT molecular complexity index is 51.4. The molecular formula is CH3F3N2O. The molecule has 7 heavy (non-hydrogen) atoms. The molecule has 0 rings (SSSR count). The predicted octanol–water partition coefficient (Wildman–Crippen LogP) is -0.0989. The number of nitrogens with two attached hydrogens (primary N) is 1. The molecule has 6 heteroatoms. The molecule has 0 spiro atoms. The van der Waals surface area contributed by atoms with Crippen LogP contribution in [-0.4, -0.2) is 6.36 Å². The number of hydrogen-bond donors (Lipinski definition) is 2. The van der Waals surface area contributed by atoms with Crippen LogP contribution in [0.4, 0.5) is 13.2 Å². The third-order valence-corrected chi connectivity index (χ3v) is 0.175. The van der Waals surface area contributed by atoms with Gasteiger partial charge in [-0.2, -0.15) is 4.84 Å². The van der Waals surface area contributed by atoms with Gasteiger partial charge in [-0.1, -0.05) is 0 Å². The maximum atomic E-state index is 10.7. The van der Waals surface area contributed by atoms with Gasteiger partial charge < -0.3 is 0 Å². The number of halogens is 3. The molecule has 0 bridgehead atoms. The zero-order chi connectivity index (χ0) is 5.91. The van der Waals surface area contributed by atoms with E-state index in [0.717, 1.165) is 5.59 Å². The summed E-state index contributed by atoms with van der Waals surface area (Å²) in [6.45, 7) is 0. The number of nitrogens with one attached hydrogen (secondary N) is 1. The topological polar surface area (TPSA) is 47.3 Å². The highest BCUT2D eigenvalue weighted by atomic mass is 19.4. The van der Waals surface area contributed by atoms with Crippen molar-refractivity contribution >= 4 is 0 Å². The first-order chi connectivity index (χ1) is 3.06. The van der Waals surface area contributed by atoms with Crippen LogP contribution in [0.5, 0.6) is 0 Å². The van der Waals surface area contributed by atoms with Crippen molar-refractivity contribution in [3.63, 3.8) is 0 Å². The van der Waals surface area contributed by atoms with E-state index in [1.54, 1.807) is 0 Å². The van der Waals surface area contributed by atoms with E-state index >= 15 is 0 Å². The summed E-state index contributed by atoms with van der Waals surface area (Å²) in [4.78, 5) is 2.76. The average Bonchev–Trinajstić information content (AvgIpc) is 1.30. The van der Waals surface area contributed by atoms with Crippen LogP contribution >= 0.6 is 0 Å². The summed E-state index contributed by atoms with van der Waals surface area (Å²) < 4.78 is 32.1. The lowest BCUT2D eigenvalue weighted by molar-refractivity contribution is -0.351. The van der Waals surface area contributed by atoms with E-state index in [0.29, 0.717) is 0 Å². The molecule has 0 unspecified atom stereocenters. The van der Waals surface area contributed by atoms with Gasteiger partial charge in [0, 0.05) is 0 Å². The summed E-state index contributed by atoms with van der Waals surface area (Å²) in [6, 6.07) is 0. The molecule has 0 heterocycles. The molecule has 0 fully saturated rings. The zero-order valence-corrected chi connectivity index (χ0v) is 3.12. The van der Waals surface area contributed by atoms with Gasteiger partial charge in [-0.05, 0) is 0 Å². The third kappa shape index (κ3) is 5.67. The van der Waals surface area contributed by atoms with Crippen LogP contribution < -0.4 is 11.4 Å². The Balaban J connectivity index is 3.15. The summed E-state index contributed by atoms with van der Waals surface area (Å²) in [5.74, 6) is 4.12. The van der Waals surface area contributed by atoms with Crippen molar-refractivity contribution in [1.82, 2.24) is 5.59 Å². The maximum Gasteiger partial charge on any atom is 0.540 e.